The van der Waals surface area contributed by atoms with Crippen LogP contribution in [-0.4, -0.2) is 36.6 Å². The van der Waals surface area contributed by atoms with Crippen LogP contribution in [0.2, 0.25) is 0 Å². The number of rotatable bonds is 4. The number of hydrogen-bond donors (Lipinski definition) is 0. The maximum Gasteiger partial charge on any atom is 0.119 e. The first-order chi connectivity index (χ1) is 10.8. The van der Waals surface area contributed by atoms with E-state index in [1.54, 1.807) is 43.1 Å². The Kier molecular flexibility index (Phi) is 1.67. The number of fused-ring (bicyclic) bond motifs is 1. The van der Waals surface area contributed by atoms with Crippen LogP contribution in [0.15, 0.2) is 30.5 Å². The van der Waals surface area contributed by atoms with Gasteiger partial charge >= 0.3 is 0 Å². The molecular weight excluding hydrogens is 212 g/mol. The van der Waals surface area contributed by atoms with E-state index in [2.05, 4.69) is 0 Å². The van der Waals surface area contributed by atoms with Crippen molar-refractivity contribution in [3.63, 3.8) is 0 Å². The molecule has 1 atom stereocenters. The summed E-state index contributed by atoms with van der Waals surface area (Å²) >= 11 is 0. The molecule has 0 saturated carbocycles. The van der Waals surface area contributed by atoms with Gasteiger partial charge in [0.15, 0.2) is 0 Å². The summed E-state index contributed by atoms with van der Waals surface area (Å²) in [6, 6.07) is 4.70. The zero-order valence-electron chi connectivity index (χ0n) is 16.9. The smallest absolute Gasteiger partial charge is 0.119 e. The first-order valence-electron chi connectivity index (χ1n) is 8.79. The predicted octanol–water partition coefficient (Wildman–Crippen LogP) is 2.60. The van der Waals surface area contributed by atoms with Gasteiger partial charge in [-0.3, -0.25) is 0 Å². The second-order valence-electron chi connectivity index (χ2n) is 4.11. The molecule has 0 amide bonds. The normalized spacial score (nSPS) is 22.6. The Morgan fingerprint density at radius 2 is 2.35 bits per heavy atom. The molecule has 17 heavy (non-hydrogen) atoms. The molecule has 2 aromatic rings. The van der Waals surface area contributed by atoms with Crippen LogP contribution in [0.1, 0.15) is 16.4 Å². The van der Waals surface area contributed by atoms with E-state index >= 15 is 0 Å². The lowest BCUT2D eigenvalue weighted by Gasteiger charge is -2.20. The first-order valence-corrected chi connectivity index (χ1v) is 5.29. The highest BCUT2D eigenvalue weighted by Crippen LogP contribution is 2.22. The summed E-state index contributed by atoms with van der Waals surface area (Å²) < 4.78 is 59.3. The summed E-state index contributed by atoms with van der Waals surface area (Å²) in [7, 11) is 0.597. The average Bonchev–Trinajstić information content (AvgIpc) is 2.77. The van der Waals surface area contributed by atoms with Gasteiger partial charge in [0.2, 0.25) is 0 Å². The molecule has 2 rings (SSSR count). The zero-order valence-corrected chi connectivity index (χ0v) is 9.90. The number of methoxy groups -OCH3 is 1. The van der Waals surface area contributed by atoms with E-state index in [1.165, 1.54) is 11.0 Å². The van der Waals surface area contributed by atoms with Crippen LogP contribution in [0.25, 0.3) is 10.9 Å². The Labute approximate surface area is 112 Å². The quantitative estimate of drug-likeness (QED) is 0.816. The van der Waals surface area contributed by atoms with Crippen molar-refractivity contribution in [3.8, 4) is 5.75 Å². The summed E-state index contributed by atoms with van der Waals surface area (Å²) in [4.78, 5) is 1.37. The molecule has 92 valence electrons. The van der Waals surface area contributed by atoms with E-state index < -0.39 is 19.9 Å². The molecular formula is C14H20N2O. The number of hydrogen-bond acceptors (Lipinski definition) is 2. The minimum atomic E-state index is -2.53. The SMILES string of the molecule is [2H]C([2H])([2H])Oc1ccc2c(ccn2C[C@]([2H])(N(C)C)C([2H])([2H])[2H])c1. The molecule has 0 radical (unpaired) electrons. The fraction of sp³-hybridized carbons (Fsp3) is 0.429. The van der Waals surface area contributed by atoms with E-state index in [-0.39, 0.29) is 12.3 Å². The Morgan fingerprint density at radius 1 is 1.47 bits per heavy atom. The standard InChI is InChI=1S/C14H20N2O/c1-11(15(2)3)10-16-8-7-12-9-13(17-4)5-6-14(12)16/h5-9,11H,10H2,1-4H3/t11-/m1/s1/i1D3,4D3,11D. The van der Waals surface area contributed by atoms with Gasteiger partial charge in [-0.25, -0.2) is 0 Å². The van der Waals surface area contributed by atoms with E-state index in [0.717, 1.165) is 0 Å². The van der Waals surface area contributed by atoms with Gasteiger partial charge in [-0.1, -0.05) is 0 Å². The fourth-order valence-corrected chi connectivity index (χ4v) is 1.68. The highest BCUT2D eigenvalue weighted by Gasteiger charge is 2.08. The lowest BCUT2D eigenvalue weighted by Crippen LogP contribution is -2.28. The Bertz CT molecular complexity index is 720. The minimum Gasteiger partial charge on any atom is -0.497 e. The molecule has 0 spiro atoms. The van der Waals surface area contributed by atoms with Crippen LogP contribution in [-0.2, 0) is 6.54 Å². The molecule has 0 aliphatic rings. The van der Waals surface area contributed by atoms with Crippen molar-refractivity contribution < 1.29 is 14.3 Å². The van der Waals surface area contributed by atoms with Crippen LogP contribution in [0.3, 0.4) is 0 Å². The van der Waals surface area contributed by atoms with Crippen molar-refractivity contribution in [2.75, 3.05) is 21.1 Å². The van der Waals surface area contributed by atoms with Gasteiger partial charge in [0.25, 0.3) is 0 Å². The Morgan fingerprint density at radius 3 is 3.06 bits per heavy atom. The molecule has 0 N–H and O–H groups in total. The number of aromatic nitrogens is 1. The van der Waals surface area contributed by atoms with Crippen molar-refractivity contribution in [2.24, 2.45) is 0 Å². The third-order valence-electron chi connectivity index (χ3n) is 2.72. The molecule has 1 aromatic carbocycles. The molecule has 0 unspecified atom stereocenters. The van der Waals surface area contributed by atoms with Crippen molar-refractivity contribution in [3.05, 3.63) is 30.5 Å². The van der Waals surface area contributed by atoms with Crippen LogP contribution >= 0.6 is 0 Å². The monoisotopic (exact) mass is 239 g/mol. The molecule has 0 saturated heterocycles. The topological polar surface area (TPSA) is 17.4 Å². The summed E-state index contributed by atoms with van der Waals surface area (Å²) in [6.45, 7) is -2.54. The summed E-state index contributed by atoms with van der Waals surface area (Å²) in [5.41, 5.74) is 0.704. The fourth-order valence-electron chi connectivity index (χ4n) is 1.68. The molecule has 0 fully saturated rings. The van der Waals surface area contributed by atoms with Crippen LogP contribution in [0.4, 0.5) is 0 Å². The Balaban J connectivity index is 2.37. The zero-order chi connectivity index (χ0) is 18.3. The van der Waals surface area contributed by atoms with Gasteiger partial charge in [0, 0.05) is 35.1 Å². The highest BCUT2D eigenvalue weighted by molar-refractivity contribution is 5.81. The van der Waals surface area contributed by atoms with Crippen molar-refractivity contribution in [2.45, 2.75) is 19.4 Å². The van der Waals surface area contributed by atoms with Crippen LogP contribution in [0, 0.1) is 0 Å². The molecule has 1 aromatic heterocycles. The third kappa shape index (κ3) is 2.44. The van der Waals surface area contributed by atoms with Gasteiger partial charge in [-0.15, -0.1) is 0 Å². The predicted molar refractivity (Wildman–Crippen MR) is 71.6 cm³/mol. The van der Waals surface area contributed by atoms with E-state index in [1.807, 2.05) is 0 Å². The van der Waals surface area contributed by atoms with Gasteiger partial charge < -0.3 is 14.2 Å². The van der Waals surface area contributed by atoms with Crippen LogP contribution in [0.5, 0.6) is 5.75 Å². The summed E-state index contributed by atoms with van der Waals surface area (Å²) in [5, 5.41) is 0.711. The first kappa shape index (κ1) is 5.91. The highest BCUT2D eigenvalue weighted by atomic mass is 16.5. The average molecular weight is 239 g/mol. The van der Waals surface area contributed by atoms with E-state index in [0.29, 0.717) is 10.9 Å². The molecule has 0 aliphatic heterocycles. The number of ether oxygens (including phenoxy) is 1. The minimum absolute atomic E-state index is 0.0561. The van der Waals surface area contributed by atoms with Gasteiger partial charge in [-0.2, -0.15) is 0 Å². The third-order valence-corrected chi connectivity index (χ3v) is 2.72. The van der Waals surface area contributed by atoms with Crippen molar-refractivity contribution in [1.82, 2.24) is 9.47 Å². The summed E-state index contributed by atoms with van der Waals surface area (Å²) in [6.07, 6.45) is 1.68. The van der Waals surface area contributed by atoms with Crippen molar-refractivity contribution >= 4 is 10.9 Å². The molecule has 1 heterocycles. The van der Waals surface area contributed by atoms with Gasteiger partial charge in [0.1, 0.15) is 5.75 Å². The second-order valence-corrected chi connectivity index (χ2v) is 4.11. The number of benzene rings is 1. The maximum absolute atomic E-state index is 8.38. The van der Waals surface area contributed by atoms with E-state index in [9.17, 15) is 0 Å². The summed E-state index contributed by atoms with van der Waals surface area (Å²) in [5.74, 6) is 0.209. The molecule has 0 aliphatic carbocycles. The van der Waals surface area contributed by atoms with E-state index in [4.69, 9.17) is 14.3 Å². The number of nitrogens with zero attached hydrogens (tertiary/aromatic N) is 2. The van der Waals surface area contributed by atoms with Crippen LogP contribution < -0.4 is 4.74 Å². The lowest BCUT2D eigenvalue weighted by atomic mass is 10.2. The largest absolute Gasteiger partial charge is 0.497 e. The molecule has 3 heteroatoms. The maximum atomic E-state index is 8.38. The van der Waals surface area contributed by atoms with Crippen molar-refractivity contribution in [1.29, 1.82) is 0 Å². The molecule has 3 nitrogen and oxygen atoms in total. The number of likely N-dealkylation sites (N-methyl/N-ethyl adjacent to an activating group) is 1. The molecule has 0 bridgehead atoms. The van der Waals surface area contributed by atoms with Gasteiger partial charge in [-0.05, 0) is 45.2 Å². The second kappa shape index (κ2) is 4.80. The Hall–Kier alpha value is -1.48. The van der Waals surface area contributed by atoms with Gasteiger partial charge in [0.05, 0.1) is 11.2 Å². The lowest BCUT2D eigenvalue weighted by molar-refractivity contribution is 0.286.